The lowest BCUT2D eigenvalue weighted by Crippen LogP contribution is -2.27. The first-order valence-electron chi connectivity index (χ1n) is 9.33. The minimum Gasteiger partial charge on any atom is -0.495 e. The van der Waals surface area contributed by atoms with Crippen LogP contribution in [0.25, 0.3) is 0 Å². The van der Waals surface area contributed by atoms with Crippen LogP contribution in [-0.2, 0) is 11.8 Å². The molecule has 1 aliphatic carbocycles. The highest BCUT2D eigenvalue weighted by Gasteiger charge is 2.29. The number of anilines is 1. The molecule has 8 heteroatoms. The third-order valence-corrected chi connectivity index (χ3v) is 4.93. The van der Waals surface area contributed by atoms with Crippen molar-refractivity contribution in [3.8, 4) is 0 Å². The molecule has 2 unspecified atom stereocenters. The summed E-state index contributed by atoms with van der Waals surface area (Å²) in [6.07, 6.45) is 6.76. The van der Waals surface area contributed by atoms with Gasteiger partial charge in [-0.05, 0) is 32.4 Å². The first kappa shape index (κ1) is 24.3. The van der Waals surface area contributed by atoms with E-state index in [-0.39, 0.29) is 34.3 Å². The molecule has 1 aromatic rings. The van der Waals surface area contributed by atoms with E-state index in [1.807, 2.05) is 39.1 Å². The van der Waals surface area contributed by atoms with E-state index >= 15 is 0 Å². The Bertz CT molecular complexity index is 797. The molecule has 0 aromatic carbocycles. The molecule has 0 bridgehead atoms. The van der Waals surface area contributed by atoms with Crippen LogP contribution >= 0.6 is 0 Å². The van der Waals surface area contributed by atoms with E-state index in [1.165, 1.54) is 6.34 Å². The molecule has 29 heavy (non-hydrogen) atoms. The first-order chi connectivity index (χ1) is 12.9. The van der Waals surface area contributed by atoms with Gasteiger partial charge >= 0.3 is 0 Å². The molecule has 0 radical (unpaired) electrons. The Morgan fingerprint density at radius 3 is 2.79 bits per heavy atom. The zero-order chi connectivity index (χ0) is 19.6. The Morgan fingerprint density at radius 1 is 1.41 bits per heavy atom. The largest absolute Gasteiger partial charge is 0.495 e. The fourth-order valence-corrected chi connectivity index (χ4v) is 3.58. The van der Waals surface area contributed by atoms with Crippen molar-refractivity contribution < 1.29 is 6.16 Å². The summed E-state index contributed by atoms with van der Waals surface area (Å²) >= 11 is 0. The minimum absolute atomic E-state index is 0. The van der Waals surface area contributed by atoms with Gasteiger partial charge in [-0.3, -0.25) is 9.67 Å². The SMILES string of the molecule is C.C.CC(C)OC1=CC=C(N)C(C(=N)c2cc(N3CCC(N=CN)C3)nn2C)C1.[HH]. The third kappa shape index (κ3) is 5.40. The maximum atomic E-state index is 8.73. The summed E-state index contributed by atoms with van der Waals surface area (Å²) in [5, 5.41) is 13.3. The molecule has 1 aliphatic heterocycles. The number of allylic oxidation sites excluding steroid dienone is 4. The van der Waals surface area contributed by atoms with E-state index in [2.05, 4.69) is 15.0 Å². The molecule has 164 valence electrons. The second-order valence-electron chi connectivity index (χ2n) is 7.33. The molecular formula is C21H39N7O. The average molecular weight is 406 g/mol. The van der Waals surface area contributed by atoms with Crippen molar-refractivity contribution in [2.75, 3.05) is 18.0 Å². The Balaban J connectivity index is 0.00000280. The highest BCUT2D eigenvalue weighted by atomic mass is 16.5. The van der Waals surface area contributed by atoms with Crippen LogP contribution in [0, 0.1) is 11.3 Å². The Labute approximate surface area is 176 Å². The molecule has 1 fully saturated rings. The van der Waals surface area contributed by atoms with Crippen LogP contribution in [-0.4, -0.2) is 47.1 Å². The Hall–Kier alpha value is -2.77. The van der Waals surface area contributed by atoms with Crippen LogP contribution in [0.3, 0.4) is 0 Å². The second-order valence-corrected chi connectivity index (χ2v) is 7.33. The molecule has 1 saturated heterocycles. The summed E-state index contributed by atoms with van der Waals surface area (Å²) in [5.74, 6) is 1.51. The summed E-state index contributed by atoms with van der Waals surface area (Å²) in [5.41, 5.74) is 13.5. The summed E-state index contributed by atoms with van der Waals surface area (Å²) < 4.78 is 7.57. The minimum atomic E-state index is -0.208. The van der Waals surface area contributed by atoms with E-state index in [1.54, 1.807) is 4.68 Å². The van der Waals surface area contributed by atoms with Crippen LogP contribution in [0.2, 0.25) is 0 Å². The standard InChI is InChI=1S/C19H29N7O.2CH4.H2/c1-12(2)27-14-4-5-16(21)15(8-14)19(22)17-9-18(24-25(17)3)26-7-6-13(10-26)23-11-20;;;/h4-5,9,11-13,15,22H,6-8,10,21H2,1-3H3,(H2,20,23);2*1H4;1H. The van der Waals surface area contributed by atoms with Crippen molar-refractivity contribution >= 4 is 17.9 Å². The van der Waals surface area contributed by atoms with Gasteiger partial charge in [0.05, 0.1) is 35.6 Å². The maximum absolute atomic E-state index is 8.73. The lowest BCUT2D eigenvalue weighted by atomic mass is 9.89. The van der Waals surface area contributed by atoms with E-state index in [4.69, 9.17) is 21.6 Å². The number of hydrogen-bond donors (Lipinski definition) is 3. The lowest BCUT2D eigenvalue weighted by Gasteiger charge is -2.24. The van der Waals surface area contributed by atoms with Gasteiger partial charge in [0.1, 0.15) is 0 Å². The van der Waals surface area contributed by atoms with Crippen molar-refractivity contribution in [2.45, 2.75) is 53.7 Å². The molecule has 3 rings (SSSR count). The van der Waals surface area contributed by atoms with Crippen molar-refractivity contribution in [3.05, 3.63) is 35.4 Å². The predicted octanol–water partition coefficient (Wildman–Crippen LogP) is 3.04. The smallest absolute Gasteiger partial charge is 0.151 e. The molecule has 2 aliphatic rings. The molecule has 2 atom stereocenters. The molecule has 1 aromatic heterocycles. The van der Waals surface area contributed by atoms with Gasteiger partial charge in [0.15, 0.2) is 5.82 Å². The first-order valence-corrected chi connectivity index (χ1v) is 9.33. The topological polar surface area (TPSA) is 119 Å². The predicted molar refractivity (Wildman–Crippen MR) is 124 cm³/mol. The van der Waals surface area contributed by atoms with Gasteiger partial charge in [0, 0.05) is 45.7 Å². The number of ether oxygens (including phenoxy) is 1. The molecule has 8 nitrogen and oxygen atoms in total. The normalized spacial score (nSPS) is 21.4. The maximum Gasteiger partial charge on any atom is 0.151 e. The molecule has 0 saturated carbocycles. The van der Waals surface area contributed by atoms with Gasteiger partial charge in [-0.25, -0.2) is 0 Å². The van der Waals surface area contributed by atoms with Gasteiger partial charge in [-0.1, -0.05) is 14.9 Å². The van der Waals surface area contributed by atoms with Gasteiger partial charge in [0.25, 0.3) is 0 Å². The third-order valence-electron chi connectivity index (χ3n) is 4.93. The van der Waals surface area contributed by atoms with Crippen LogP contribution in [0.4, 0.5) is 5.82 Å². The van der Waals surface area contributed by atoms with Crippen LogP contribution in [0.1, 0.15) is 48.7 Å². The Kier molecular flexibility index (Phi) is 8.48. The monoisotopic (exact) mass is 405 g/mol. The van der Waals surface area contributed by atoms with E-state index in [0.717, 1.165) is 36.8 Å². The number of aromatic nitrogens is 2. The average Bonchev–Trinajstić information content (AvgIpc) is 3.22. The van der Waals surface area contributed by atoms with Gasteiger partial charge in [0.2, 0.25) is 0 Å². The molecule has 0 amide bonds. The van der Waals surface area contributed by atoms with E-state index in [0.29, 0.717) is 17.8 Å². The summed E-state index contributed by atoms with van der Waals surface area (Å²) in [6.45, 7) is 5.66. The van der Waals surface area contributed by atoms with Crippen molar-refractivity contribution in [1.82, 2.24) is 9.78 Å². The number of rotatable bonds is 6. The van der Waals surface area contributed by atoms with Crippen LogP contribution in [0.15, 0.2) is 34.7 Å². The number of aliphatic imine (C=N–C) groups is 1. The highest BCUT2D eigenvalue weighted by Crippen LogP contribution is 2.29. The van der Waals surface area contributed by atoms with Crippen LogP contribution < -0.4 is 16.4 Å². The van der Waals surface area contributed by atoms with E-state index in [9.17, 15) is 0 Å². The number of nitrogens with one attached hydrogen (secondary N) is 1. The molecular weight excluding hydrogens is 366 g/mol. The quantitative estimate of drug-likeness (QED) is 0.496. The zero-order valence-corrected chi connectivity index (χ0v) is 16.2. The number of nitrogens with two attached hydrogens (primary N) is 2. The van der Waals surface area contributed by atoms with Crippen molar-refractivity contribution in [3.63, 3.8) is 0 Å². The molecule has 0 spiro atoms. The van der Waals surface area contributed by atoms with Gasteiger partial charge < -0.3 is 26.5 Å². The van der Waals surface area contributed by atoms with Crippen molar-refractivity contribution in [2.24, 2.45) is 29.4 Å². The molecule has 2 heterocycles. The highest BCUT2D eigenvalue weighted by molar-refractivity contribution is 6.01. The summed E-state index contributed by atoms with van der Waals surface area (Å²) in [4.78, 5) is 6.45. The Morgan fingerprint density at radius 2 is 2.14 bits per heavy atom. The van der Waals surface area contributed by atoms with Crippen LogP contribution in [0.5, 0.6) is 0 Å². The van der Waals surface area contributed by atoms with Crippen molar-refractivity contribution in [1.29, 1.82) is 5.41 Å². The van der Waals surface area contributed by atoms with E-state index < -0.39 is 0 Å². The number of aryl methyl sites for hydroxylation is 1. The van der Waals surface area contributed by atoms with Gasteiger partial charge in [-0.2, -0.15) is 5.10 Å². The zero-order valence-electron chi connectivity index (χ0n) is 16.2. The molecule has 5 N–H and O–H groups in total. The number of hydrogen-bond acceptors (Lipinski definition) is 6. The lowest BCUT2D eigenvalue weighted by molar-refractivity contribution is 0.136. The summed E-state index contributed by atoms with van der Waals surface area (Å²) in [6, 6.07) is 2.17. The number of nitrogens with zero attached hydrogens (tertiary/aromatic N) is 4. The fraction of sp³-hybridized carbons (Fsp3) is 0.571. The summed E-state index contributed by atoms with van der Waals surface area (Å²) in [7, 11) is 1.86. The second kappa shape index (κ2) is 10.1. The fourth-order valence-electron chi connectivity index (χ4n) is 3.58. The van der Waals surface area contributed by atoms with Gasteiger partial charge in [-0.15, -0.1) is 0 Å².